The first-order valence-corrected chi connectivity index (χ1v) is 7.35. The van der Waals surface area contributed by atoms with Gasteiger partial charge in [-0.1, -0.05) is 39.2 Å². The summed E-state index contributed by atoms with van der Waals surface area (Å²) in [6, 6.07) is 0. The molecule has 0 aromatic carbocycles. The number of carbonyl (C=O) groups excluding carboxylic acids is 1. The maximum atomic E-state index is 11.3. The van der Waals surface area contributed by atoms with E-state index >= 15 is 0 Å². The zero-order chi connectivity index (χ0) is 13.5. The van der Waals surface area contributed by atoms with Crippen LogP contribution in [0.5, 0.6) is 0 Å². The molecular weight excluding hydrogens is 224 g/mol. The lowest BCUT2D eigenvalue weighted by atomic mass is 9.98. The van der Waals surface area contributed by atoms with Crippen molar-refractivity contribution in [3.8, 4) is 0 Å². The zero-order valence-electron chi connectivity index (χ0n) is 12.2. The van der Waals surface area contributed by atoms with E-state index in [0.29, 0.717) is 5.57 Å². The van der Waals surface area contributed by atoms with Crippen LogP contribution in [0.3, 0.4) is 0 Å². The summed E-state index contributed by atoms with van der Waals surface area (Å²) in [5, 5.41) is 0. The van der Waals surface area contributed by atoms with Gasteiger partial charge in [-0.05, 0) is 44.9 Å². The van der Waals surface area contributed by atoms with E-state index in [9.17, 15) is 4.79 Å². The number of ether oxygens (including phenoxy) is 1. The van der Waals surface area contributed by atoms with E-state index in [1.165, 1.54) is 32.1 Å². The van der Waals surface area contributed by atoms with Crippen molar-refractivity contribution in [2.75, 3.05) is 0 Å². The lowest BCUT2D eigenvalue weighted by molar-refractivity contribution is -0.143. The highest BCUT2D eigenvalue weighted by atomic mass is 16.5. The quantitative estimate of drug-likeness (QED) is 0.379. The molecule has 0 spiro atoms. The van der Waals surface area contributed by atoms with E-state index in [4.69, 9.17) is 4.74 Å². The minimum Gasteiger partial charge on any atom is -0.459 e. The third kappa shape index (κ3) is 5.70. The van der Waals surface area contributed by atoms with E-state index in [2.05, 4.69) is 13.5 Å². The first kappa shape index (κ1) is 15.3. The summed E-state index contributed by atoms with van der Waals surface area (Å²) in [4.78, 5) is 11.3. The molecule has 0 heterocycles. The first-order chi connectivity index (χ1) is 8.49. The van der Waals surface area contributed by atoms with Crippen molar-refractivity contribution in [3.63, 3.8) is 0 Å². The number of hydrogen-bond acceptors (Lipinski definition) is 2. The topological polar surface area (TPSA) is 26.3 Å². The second kappa shape index (κ2) is 7.60. The molecule has 104 valence electrons. The van der Waals surface area contributed by atoms with Gasteiger partial charge in [0.2, 0.25) is 0 Å². The molecule has 0 amide bonds. The number of esters is 1. The van der Waals surface area contributed by atoms with Crippen LogP contribution in [0.2, 0.25) is 0 Å². The molecule has 2 heteroatoms. The highest BCUT2D eigenvalue weighted by molar-refractivity contribution is 5.87. The van der Waals surface area contributed by atoms with E-state index in [-0.39, 0.29) is 12.1 Å². The van der Waals surface area contributed by atoms with Crippen LogP contribution in [0.4, 0.5) is 0 Å². The normalized spacial score (nSPS) is 24.8. The average molecular weight is 252 g/mol. The van der Waals surface area contributed by atoms with Gasteiger partial charge >= 0.3 is 5.97 Å². The molecule has 1 aliphatic rings. The first-order valence-electron chi connectivity index (χ1n) is 7.35. The highest BCUT2D eigenvalue weighted by Gasteiger charge is 2.20. The molecule has 0 aromatic rings. The maximum Gasteiger partial charge on any atom is 0.333 e. The van der Waals surface area contributed by atoms with Crippen molar-refractivity contribution >= 4 is 5.97 Å². The van der Waals surface area contributed by atoms with Gasteiger partial charge in [0.15, 0.2) is 0 Å². The molecule has 3 unspecified atom stereocenters. The lowest BCUT2D eigenvalue weighted by Gasteiger charge is -2.14. The lowest BCUT2D eigenvalue weighted by Crippen LogP contribution is -2.15. The Hall–Kier alpha value is -0.790. The van der Waals surface area contributed by atoms with Gasteiger partial charge in [-0.2, -0.15) is 0 Å². The van der Waals surface area contributed by atoms with E-state index in [1.54, 1.807) is 6.92 Å². The molecule has 0 aliphatic heterocycles. The molecule has 1 rings (SSSR count). The molecule has 2 nitrogen and oxygen atoms in total. The molecule has 1 aliphatic carbocycles. The summed E-state index contributed by atoms with van der Waals surface area (Å²) in [6.45, 7) is 9.61. The predicted octanol–water partition coefficient (Wildman–Crippen LogP) is 4.49. The fourth-order valence-electron chi connectivity index (χ4n) is 2.79. The Labute approximate surface area is 112 Å². The summed E-state index contributed by atoms with van der Waals surface area (Å²) >= 11 is 0. The Morgan fingerprint density at radius 1 is 1.39 bits per heavy atom. The maximum absolute atomic E-state index is 11.3. The minimum atomic E-state index is -0.257. The van der Waals surface area contributed by atoms with E-state index < -0.39 is 0 Å². The van der Waals surface area contributed by atoms with Crippen LogP contribution in [0.15, 0.2) is 12.2 Å². The molecule has 3 atom stereocenters. The third-order valence-corrected chi connectivity index (χ3v) is 3.93. The van der Waals surface area contributed by atoms with Gasteiger partial charge < -0.3 is 4.74 Å². The van der Waals surface area contributed by atoms with Crippen molar-refractivity contribution in [1.82, 2.24) is 0 Å². The van der Waals surface area contributed by atoms with Crippen LogP contribution >= 0.6 is 0 Å². The van der Waals surface area contributed by atoms with Crippen molar-refractivity contribution in [1.29, 1.82) is 0 Å². The predicted molar refractivity (Wildman–Crippen MR) is 75.3 cm³/mol. The third-order valence-electron chi connectivity index (χ3n) is 3.93. The second-order valence-electron chi connectivity index (χ2n) is 6.06. The van der Waals surface area contributed by atoms with Crippen LogP contribution < -0.4 is 0 Å². The summed E-state index contributed by atoms with van der Waals surface area (Å²) < 4.78 is 5.26. The molecule has 1 fully saturated rings. The zero-order valence-corrected chi connectivity index (χ0v) is 12.2. The van der Waals surface area contributed by atoms with E-state index in [0.717, 1.165) is 24.7 Å². The second-order valence-corrected chi connectivity index (χ2v) is 6.06. The van der Waals surface area contributed by atoms with Gasteiger partial charge in [0.1, 0.15) is 0 Å². The van der Waals surface area contributed by atoms with Gasteiger partial charge in [0.25, 0.3) is 0 Å². The monoisotopic (exact) mass is 252 g/mol. The Balaban J connectivity index is 2.03. The molecule has 18 heavy (non-hydrogen) atoms. The molecule has 0 radical (unpaired) electrons. The van der Waals surface area contributed by atoms with Crippen molar-refractivity contribution in [2.45, 2.75) is 71.8 Å². The SMILES string of the molecule is C=C(C)C(=O)OC(C)CCCCC1CCC(C)C1. The molecule has 0 bridgehead atoms. The molecule has 0 aromatic heterocycles. The molecule has 0 N–H and O–H groups in total. The van der Waals surface area contributed by atoms with Crippen LogP contribution in [0.1, 0.15) is 65.7 Å². The largest absolute Gasteiger partial charge is 0.459 e. The highest BCUT2D eigenvalue weighted by Crippen LogP contribution is 2.33. The molecule has 0 saturated heterocycles. The number of carbonyl (C=O) groups is 1. The number of hydrogen-bond donors (Lipinski definition) is 0. The van der Waals surface area contributed by atoms with Gasteiger partial charge in [-0.3, -0.25) is 0 Å². The van der Waals surface area contributed by atoms with Crippen LogP contribution in [-0.2, 0) is 9.53 Å². The van der Waals surface area contributed by atoms with Gasteiger partial charge in [-0.25, -0.2) is 4.79 Å². The summed E-state index contributed by atoms with van der Waals surface area (Å²) in [6.07, 6.45) is 9.03. The van der Waals surface area contributed by atoms with Gasteiger partial charge in [-0.15, -0.1) is 0 Å². The standard InChI is InChI=1S/C16H28O2/c1-12(2)16(17)18-14(4)7-5-6-8-15-10-9-13(3)11-15/h13-15H,1,5-11H2,2-4H3. The molecular formula is C16H28O2. The Kier molecular flexibility index (Phi) is 6.45. The van der Waals surface area contributed by atoms with Gasteiger partial charge in [0.05, 0.1) is 6.10 Å². The van der Waals surface area contributed by atoms with Crippen LogP contribution in [-0.4, -0.2) is 12.1 Å². The number of rotatable bonds is 7. The van der Waals surface area contributed by atoms with Crippen molar-refractivity contribution in [3.05, 3.63) is 12.2 Å². The fourth-order valence-corrected chi connectivity index (χ4v) is 2.79. The smallest absolute Gasteiger partial charge is 0.333 e. The van der Waals surface area contributed by atoms with Crippen molar-refractivity contribution in [2.24, 2.45) is 11.8 Å². The van der Waals surface area contributed by atoms with E-state index in [1.807, 2.05) is 6.92 Å². The fraction of sp³-hybridized carbons (Fsp3) is 0.812. The average Bonchev–Trinajstić information content (AvgIpc) is 2.70. The summed E-state index contributed by atoms with van der Waals surface area (Å²) in [7, 11) is 0. The molecule has 1 saturated carbocycles. The van der Waals surface area contributed by atoms with Gasteiger partial charge in [0, 0.05) is 5.57 Å². The Morgan fingerprint density at radius 3 is 2.67 bits per heavy atom. The number of unbranched alkanes of at least 4 members (excludes halogenated alkanes) is 1. The Bertz CT molecular complexity index is 283. The van der Waals surface area contributed by atoms with Crippen LogP contribution in [0.25, 0.3) is 0 Å². The summed E-state index contributed by atoms with van der Waals surface area (Å²) in [5.74, 6) is 1.63. The Morgan fingerprint density at radius 2 is 2.11 bits per heavy atom. The minimum absolute atomic E-state index is 0.0247. The van der Waals surface area contributed by atoms with Crippen LogP contribution in [0, 0.1) is 11.8 Å². The van der Waals surface area contributed by atoms with Crippen molar-refractivity contribution < 1.29 is 9.53 Å². The summed E-state index contributed by atoms with van der Waals surface area (Å²) in [5.41, 5.74) is 0.488.